The van der Waals surface area contributed by atoms with Crippen LogP contribution in [0.1, 0.15) is 36.4 Å². The number of halogens is 3. The third kappa shape index (κ3) is 2.91. The predicted molar refractivity (Wildman–Crippen MR) is 87.5 cm³/mol. The standard InChI is InChI=1S/C18H14F3N3O2/c19-11-5-3-9(4-6-11)13-7-12(17(20)21)15-16(10-1-2-10)23-24(8-14(25)26)18(15)22-13/h3-7,10,17H,1-2,8H2,(H,25,26). The summed E-state index contributed by atoms with van der Waals surface area (Å²) in [4.78, 5) is 15.5. The van der Waals surface area contributed by atoms with E-state index in [2.05, 4.69) is 10.1 Å². The van der Waals surface area contributed by atoms with Gasteiger partial charge in [0.2, 0.25) is 0 Å². The van der Waals surface area contributed by atoms with Gasteiger partial charge in [0.15, 0.2) is 5.65 Å². The molecule has 2 heterocycles. The van der Waals surface area contributed by atoms with E-state index in [1.54, 1.807) is 0 Å². The summed E-state index contributed by atoms with van der Waals surface area (Å²) in [5.41, 5.74) is 1.06. The monoisotopic (exact) mass is 361 g/mol. The average molecular weight is 361 g/mol. The van der Waals surface area contributed by atoms with E-state index in [0.29, 0.717) is 11.3 Å². The Bertz CT molecular complexity index is 995. The molecule has 26 heavy (non-hydrogen) atoms. The van der Waals surface area contributed by atoms with Crippen LogP contribution in [-0.2, 0) is 11.3 Å². The largest absolute Gasteiger partial charge is 0.480 e. The smallest absolute Gasteiger partial charge is 0.325 e. The van der Waals surface area contributed by atoms with Gasteiger partial charge in [0, 0.05) is 17.0 Å². The van der Waals surface area contributed by atoms with Crippen molar-refractivity contribution in [3.05, 3.63) is 47.4 Å². The Balaban J connectivity index is 1.98. The topological polar surface area (TPSA) is 68.0 Å². The molecule has 1 aliphatic rings. The number of nitrogens with zero attached hydrogens (tertiary/aromatic N) is 3. The van der Waals surface area contributed by atoms with Crippen molar-refractivity contribution < 1.29 is 23.1 Å². The number of aromatic nitrogens is 3. The molecule has 4 rings (SSSR count). The number of benzene rings is 1. The third-order valence-electron chi connectivity index (χ3n) is 4.38. The number of pyridine rings is 1. The number of carboxylic acid groups (broad SMARTS) is 1. The molecule has 1 aromatic carbocycles. The summed E-state index contributed by atoms with van der Waals surface area (Å²) in [6.07, 6.45) is -1.09. The summed E-state index contributed by atoms with van der Waals surface area (Å²) in [6, 6.07) is 6.59. The van der Waals surface area contributed by atoms with Gasteiger partial charge in [0.05, 0.1) is 16.8 Å². The highest BCUT2D eigenvalue weighted by Gasteiger charge is 2.32. The molecule has 8 heteroatoms. The molecule has 2 aromatic heterocycles. The first-order valence-corrected chi connectivity index (χ1v) is 8.11. The van der Waals surface area contributed by atoms with Gasteiger partial charge in [-0.2, -0.15) is 5.10 Å². The molecule has 0 radical (unpaired) electrons. The van der Waals surface area contributed by atoms with Gasteiger partial charge < -0.3 is 5.11 Å². The molecule has 0 unspecified atom stereocenters. The average Bonchev–Trinajstić information content (AvgIpc) is 3.38. The molecule has 1 N–H and O–H groups in total. The number of alkyl halides is 2. The molecule has 0 bridgehead atoms. The lowest BCUT2D eigenvalue weighted by molar-refractivity contribution is -0.137. The molecule has 3 aromatic rings. The van der Waals surface area contributed by atoms with E-state index in [0.717, 1.165) is 17.5 Å². The van der Waals surface area contributed by atoms with E-state index in [1.807, 2.05) is 0 Å². The van der Waals surface area contributed by atoms with Crippen molar-refractivity contribution in [1.29, 1.82) is 0 Å². The molecule has 0 atom stereocenters. The number of carboxylic acids is 1. The first-order valence-electron chi connectivity index (χ1n) is 8.11. The van der Waals surface area contributed by atoms with Crippen molar-refractivity contribution in [2.75, 3.05) is 0 Å². The van der Waals surface area contributed by atoms with Gasteiger partial charge >= 0.3 is 5.97 Å². The molecule has 5 nitrogen and oxygen atoms in total. The summed E-state index contributed by atoms with van der Waals surface area (Å²) in [6.45, 7) is -0.466. The Hall–Kier alpha value is -2.90. The molecule has 0 saturated heterocycles. The van der Waals surface area contributed by atoms with Crippen LogP contribution in [0.15, 0.2) is 30.3 Å². The number of rotatable bonds is 5. The second-order valence-electron chi connectivity index (χ2n) is 6.31. The van der Waals surface area contributed by atoms with Crippen molar-refractivity contribution in [2.24, 2.45) is 0 Å². The number of aliphatic carboxylic acids is 1. The van der Waals surface area contributed by atoms with E-state index in [9.17, 15) is 18.0 Å². The van der Waals surface area contributed by atoms with Gasteiger partial charge in [-0.15, -0.1) is 0 Å². The Morgan fingerprint density at radius 2 is 1.96 bits per heavy atom. The lowest BCUT2D eigenvalue weighted by Crippen LogP contribution is -2.11. The minimum absolute atomic E-state index is 0.0588. The molecule has 1 aliphatic carbocycles. The normalized spacial score (nSPS) is 14.3. The predicted octanol–water partition coefficient (Wildman–Crippen LogP) is 4.14. The van der Waals surface area contributed by atoms with Gasteiger partial charge in [0.25, 0.3) is 6.43 Å². The first-order chi connectivity index (χ1) is 12.4. The van der Waals surface area contributed by atoms with Crippen LogP contribution in [0, 0.1) is 5.82 Å². The van der Waals surface area contributed by atoms with Crippen LogP contribution >= 0.6 is 0 Å². The van der Waals surface area contributed by atoms with Crippen LogP contribution in [0.4, 0.5) is 13.2 Å². The van der Waals surface area contributed by atoms with Crippen LogP contribution < -0.4 is 0 Å². The highest BCUT2D eigenvalue weighted by atomic mass is 19.3. The fourth-order valence-electron chi connectivity index (χ4n) is 3.05. The van der Waals surface area contributed by atoms with Crippen LogP contribution in [0.2, 0.25) is 0 Å². The Morgan fingerprint density at radius 1 is 1.27 bits per heavy atom. The molecular weight excluding hydrogens is 347 g/mol. The van der Waals surface area contributed by atoms with Gasteiger partial charge in [-0.25, -0.2) is 22.8 Å². The third-order valence-corrected chi connectivity index (χ3v) is 4.38. The second kappa shape index (κ2) is 6.12. The van der Waals surface area contributed by atoms with Crippen molar-refractivity contribution in [3.8, 4) is 11.3 Å². The summed E-state index contributed by atoms with van der Waals surface area (Å²) in [5.74, 6) is -1.52. The zero-order valence-electron chi connectivity index (χ0n) is 13.5. The SMILES string of the molecule is O=C(O)Cn1nc(C2CC2)c2c(C(F)F)cc(-c3ccc(F)cc3)nc21. The molecule has 0 amide bonds. The van der Waals surface area contributed by atoms with Crippen LogP contribution in [-0.4, -0.2) is 25.8 Å². The van der Waals surface area contributed by atoms with Crippen molar-refractivity contribution in [2.45, 2.75) is 31.7 Å². The number of hydrogen-bond donors (Lipinski definition) is 1. The van der Waals surface area contributed by atoms with Crippen LogP contribution in [0.5, 0.6) is 0 Å². The Kier molecular flexibility index (Phi) is 3.90. The van der Waals surface area contributed by atoms with Crippen LogP contribution in [0.25, 0.3) is 22.3 Å². The van der Waals surface area contributed by atoms with Gasteiger partial charge in [-0.1, -0.05) is 0 Å². The van der Waals surface area contributed by atoms with E-state index in [4.69, 9.17) is 5.11 Å². The lowest BCUT2D eigenvalue weighted by atomic mass is 10.0. The maximum absolute atomic E-state index is 13.8. The molecule has 0 aliphatic heterocycles. The molecular formula is C18H14F3N3O2. The van der Waals surface area contributed by atoms with Gasteiger partial charge in [0.1, 0.15) is 12.4 Å². The maximum Gasteiger partial charge on any atom is 0.325 e. The zero-order chi connectivity index (χ0) is 18.4. The first kappa shape index (κ1) is 16.6. The molecule has 134 valence electrons. The summed E-state index contributed by atoms with van der Waals surface area (Å²) < 4.78 is 41.8. The summed E-state index contributed by atoms with van der Waals surface area (Å²) >= 11 is 0. The maximum atomic E-state index is 13.8. The minimum Gasteiger partial charge on any atom is -0.480 e. The van der Waals surface area contributed by atoms with Crippen LogP contribution in [0.3, 0.4) is 0 Å². The fraction of sp³-hybridized carbons (Fsp3) is 0.278. The van der Waals surface area contributed by atoms with E-state index in [1.165, 1.54) is 30.3 Å². The van der Waals surface area contributed by atoms with Crippen molar-refractivity contribution in [3.63, 3.8) is 0 Å². The highest BCUT2D eigenvalue weighted by Crippen LogP contribution is 2.45. The molecule has 0 spiro atoms. The Morgan fingerprint density at radius 3 is 2.54 bits per heavy atom. The second-order valence-corrected chi connectivity index (χ2v) is 6.31. The number of carbonyl (C=O) groups is 1. The summed E-state index contributed by atoms with van der Waals surface area (Å²) in [5, 5.41) is 13.6. The zero-order valence-corrected chi connectivity index (χ0v) is 13.5. The highest BCUT2D eigenvalue weighted by molar-refractivity contribution is 5.87. The molecule has 1 saturated carbocycles. The van der Waals surface area contributed by atoms with Gasteiger partial charge in [-0.3, -0.25) is 4.79 Å². The van der Waals surface area contributed by atoms with Gasteiger partial charge in [-0.05, 0) is 43.2 Å². The minimum atomic E-state index is -2.76. The summed E-state index contributed by atoms with van der Waals surface area (Å²) in [7, 11) is 0. The fourth-order valence-corrected chi connectivity index (χ4v) is 3.05. The number of fused-ring (bicyclic) bond motifs is 1. The van der Waals surface area contributed by atoms with E-state index >= 15 is 0 Å². The van der Waals surface area contributed by atoms with E-state index < -0.39 is 24.8 Å². The van der Waals surface area contributed by atoms with E-state index in [-0.39, 0.29) is 28.2 Å². The Labute approximate surface area is 146 Å². The van der Waals surface area contributed by atoms with Crippen molar-refractivity contribution in [1.82, 2.24) is 14.8 Å². The number of hydrogen-bond acceptors (Lipinski definition) is 3. The molecule has 1 fully saturated rings. The lowest BCUT2D eigenvalue weighted by Gasteiger charge is -2.08. The van der Waals surface area contributed by atoms with Crippen molar-refractivity contribution >= 4 is 17.0 Å². The quantitative estimate of drug-likeness (QED) is 0.742.